The fourth-order valence-electron chi connectivity index (χ4n) is 3.27. The van der Waals surface area contributed by atoms with Crippen LogP contribution in [0.1, 0.15) is 32.6 Å². The van der Waals surface area contributed by atoms with E-state index in [9.17, 15) is 9.90 Å². The summed E-state index contributed by atoms with van der Waals surface area (Å²) in [6.07, 6.45) is 10.3. The van der Waals surface area contributed by atoms with Crippen LogP contribution in [0.4, 0.5) is 0 Å². The molecule has 118 valence electrons. The van der Waals surface area contributed by atoms with Crippen LogP contribution in [0.25, 0.3) is 0 Å². The standard InChI is InChI=1S/C17H22N2O2S/c1-11-4-2-7-14-16(11)18-15(19-17(14)21)10-22-13-6-3-5-12(8-13)9-20/h2,4,7,12-14,20H,3,5-6,8-10H2,1H3/t12-,13-,14?/m1/s1. The number of fused-ring (bicyclic) bond motifs is 1. The quantitative estimate of drug-likeness (QED) is 0.867. The van der Waals surface area contributed by atoms with E-state index in [-0.39, 0.29) is 18.4 Å². The van der Waals surface area contributed by atoms with Crippen molar-refractivity contribution in [2.24, 2.45) is 21.8 Å². The highest BCUT2D eigenvalue weighted by molar-refractivity contribution is 8.00. The normalized spacial score (nSPS) is 31.3. The van der Waals surface area contributed by atoms with Crippen molar-refractivity contribution in [1.82, 2.24) is 0 Å². The second kappa shape index (κ2) is 6.92. The highest BCUT2D eigenvalue weighted by atomic mass is 32.2. The molecule has 4 nitrogen and oxygen atoms in total. The van der Waals surface area contributed by atoms with Crippen LogP contribution < -0.4 is 0 Å². The molecule has 2 aliphatic carbocycles. The molecular formula is C17H22N2O2S. The van der Waals surface area contributed by atoms with Crippen molar-refractivity contribution < 1.29 is 9.90 Å². The summed E-state index contributed by atoms with van der Waals surface area (Å²) in [7, 11) is 0. The number of rotatable bonds is 4. The van der Waals surface area contributed by atoms with Gasteiger partial charge in [0.05, 0.1) is 11.5 Å². The van der Waals surface area contributed by atoms with Crippen molar-refractivity contribution in [3.8, 4) is 0 Å². The largest absolute Gasteiger partial charge is 0.396 e. The zero-order valence-electron chi connectivity index (χ0n) is 12.9. The summed E-state index contributed by atoms with van der Waals surface area (Å²) in [5, 5.41) is 9.85. The Labute approximate surface area is 135 Å². The number of aliphatic imine (C=N–C) groups is 2. The number of allylic oxidation sites excluding steroid dienone is 3. The first-order valence-electron chi connectivity index (χ1n) is 7.95. The van der Waals surface area contributed by atoms with Crippen molar-refractivity contribution in [1.29, 1.82) is 0 Å². The first-order valence-corrected chi connectivity index (χ1v) is 9.00. The lowest BCUT2D eigenvalue weighted by molar-refractivity contribution is -0.118. The van der Waals surface area contributed by atoms with Gasteiger partial charge in [-0.1, -0.05) is 24.6 Å². The van der Waals surface area contributed by atoms with E-state index in [2.05, 4.69) is 9.98 Å². The Morgan fingerprint density at radius 1 is 1.36 bits per heavy atom. The van der Waals surface area contributed by atoms with Gasteiger partial charge < -0.3 is 5.11 Å². The molecule has 0 saturated heterocycles. The topological polar surface area (TPSA) is 62.0 Å². The number of carbonyl (C=O) groups excluding carboxylic acids is 1. The smallest absolute Gasteiger partial charge is 0.260 e. The Balaban J connectivity index is 1.62. The lowest BCUT2D eigenvalue weighted by Gasteiger charge is -2.27. The Hall–Kier alpha value is -1.20. The first-order chi connectivity index (χ1) is 10.7. The molecule has 0 aromatic carbocycles. The summed E-state index contributed by atoms with van der Waals surface area (Å²) in [5.74, 6) is 1.39. The average Bonchev–Trinajstić information content (AvgIpc) is 2.54. The van der Waals surface area contributed by atoms with E-state index in [0.717, 1.165) is 24.1 Å². The highest BCUT2D eigenvalue weighted by Gasteiger charge is 2.29. The lowest BCUT2D eigenvalue weighted by atomic mass is 9.90. The van der Waals surface area contributed by atoms with Gasteiger partial charge in [0.1, 0.15) is 11.8 Å². The molecule has 1 fully saturated rings. The molecule has 0 radical (unpaired) electrons. The van der Waals surface area contributed by atoms with Gasteiger partial charge >= 0.3 is 0 Å². The molecule has 3 atom stereocenters. The molecule has 0 aromatic rings. The molecule has 1 heterocycles. The van der Waals surface area contributed by atoms with Crippen molar-refractivity contribution in [3.63, 3.8) is 0 Å². The molecule has 3 rings (SSSR count). The number of aliphatic hydroxyl groups excluding tert-OH is 1. The number of amides is 1. The van der Waals surface area contributed by atoms with Crippen LogP contribution in [0.2, 0.25) is 0 Å². The lowest BCUT2D eigenvalue weighted by Crippen LogP contribution is -2.30. The van der Waals surface area contributed by atoms with E-state index in [0.29, 0.717) is 22.8 Å². The number of thioether (sulfide) groups is 1. The van der Waals surface area contributed by atoms with Crippen LogP contribution in [-0.2, 0) is 4.79 Å². The van der Waals surface area contributed by atoms with Gasteiger partial charge in [-0.05, 0) is 37.7 Å². The van der Waals surface area contributed by atoms with E-state index < -0.39 is 0 Å². The third-order valence-corrected chi connectivity index (χ3v) is 5.87. The molecule has 3 aliphatic rings. The van der Waals surface area contributed by atoms with Crippen molar-refractivity contribution >= 4 is 29.2 Å². The fraction of sp³-hybridized carbons (Fsp3) is 0.588. The maximum atomic E-state index is 12.1. The minimum Gasteiger partial charge on any atom is -0.396 e. The number of hydrogen-bond donors (Lipinski definition) is 1. The molecule has 0 aromatic heterocycles. The van der Waals surface area contributed by atoms with Crippen molar-refractivity contribution in [3.05, 3.63) is 23.8 Å². The van der Waals surface area contributed by atoms with Gasteiger partial charge in [0.2, 0.25) is 0 Å². The number of carbonyl (C=O) groups is 1. The van der Waals surface area contributed by atoms with Crippen LogP contribution in [-0.4, -0.2) is 40.2 Å². The predicted octanol–water partition coefficient (Wildman–Crippen LogP) is 2.78. The molecule has 5 heteroatoms. The van der Waals surface area contributed by atoms with Crippen LogP contribution >= 0.6 is 11.8 Å². The van der Waals surface area contributed by atoms with E-state index >= 15 is 0 Å². The summed E-state index contributed by atoms with van der Waals surface area (Å²) < 4.78 is 0. The second-order valence-corrected chi connectivity index (χ2v) is 7.51. The van der Waals surface area contributed by atoms with Crippen LogP contribution in [0.3, 0.4) is 0 Å². The Morgan fingerprint density at radius 2 is 2.23 bits per heavy atom. The van der Waals surface area contributed by atoms with Gasteiger partial charge in [0, 0.05) is 11.9 Å². The maximum Gasteiger partial charge on any atom is 0.260 e. The summed E-state index contributed by atoms with van der Waals surface area (Å²) in [6, 6.07) is 0. The minimum atomic E-state index is -0.285. The third kappa shape index (κ3) is 3.41. The van der Waals surface area contributed by atoms with Crippen molar-refractivity contribution in [2.45, 2.75) is 37.9 Å². The molecule has 0 bridgehead atoms. The highest BCUT2D eigenvalue weighted by Crippen LogP contribution is 2.32. The SMILES string of the molecule is CC1=CC=CC2C(=O)N=C(CS[C@@H]3CCC[C@@H](CO)C3)N=C12. The molecule has 22 heavy (non-hydrogen) atoms. The van der Waals surface area contributed by atoms with E-state index in [1.807, 2.05) is 36.9 Å². The number of hydrogen-bond acceptors (Lipinski definition) is 4. The fourth-order valence-corrected chi connectivity index (χ4v) is 4.52. The van der Waals surface area contributed by atoms with Crippen LogP contribution in [0.5, 0.6) is 0 Å². The molecular weight excluding hydrogens is 296 g/mol. The predicted molar refractivity (Wildman–Crippen MR) is 91.6 cm³/mol. The van der Waals surface area contributed by atoms with E-state index in [4.69, 9.17) is 0 Å². The molecule has 1 amide bonds. The monoisotopic (exact) mass is 318 g/mol. The average molecular weight is 318 g/mol. The third-order valence-electron chi connectivity index (χ3n) is 4.54. The van der Waals surface area contributed by atoms with Gasteiger partial charge in [-0.25, -0.2) is 4.99 Å². The first kappa shape index (κ1) is 15.7. The van der Waals surface area contributed by atoms with Crippen molar-refractivity contribution in [2.75, 3.05) is 12.4 Å². The zero-order valence-corrected chi connectivity index (χ0v) is 13.7. The van der Waals surface area contributed by atoms with Gasteiger partial charge in [0.25, 0.3) is 5.91 Å². The van der Waals surface area contributed by atoms with Gasteiger partial charge in [0.15, 0.2) is 0 Å². The van der Waals surface area contributed by atoms with E-state index in [1.165, 1.54) is 12.8 Å². The summed E-state index contributed by atoms with van der Waals surface area (Å²) in [6.45, 7) is 2.28. The van der Waals surface area contributed by atoms with E-state index in [1.54, 1.807) is 0 Å². The number of amidine groups is 1. The van der Waals surface area contributed by atoms with Crippen LogP contribution in [0.15, 0.2) is 33.8 Å². The number of aliphatic hydroxyl groups is 1. The molecule has 1 unspecified atom stereocenters. The molecule has 1 N–H and O–H groups in total. The van der Waals surface area contributed by atoms with Gasteiger partial charge in [-0.15, -0.1) is 0 Å². The Morgan fingerprint density at radius 3 is 3.05 bits per heavy atom. The molecule has 0 spiro atoms. The zero-order chi connectivity index (χ0) is 15.5. The summed E-state index contributed by atoms with van der Waals surface area (Å²) >= 11 is 1.83. The molecule has 1 saturated carbocycles. The second-order valence-electron chi connectivity index (χ2n) is 6.22. The Kier molecular flexibility index (Phi) is 4.93. The van der Waals surface area contributed by atoms with Gasteiger partial charge in [-0.2, -0.15) is 16.8 Å². The Bertz CT molecular complexity index is 577. The number of nitrogens with zero attached hydrogens (tertiary/aromatic N) is 2. The van der Waals surface area contributed by atoms with Crippen LogP contribution in [0, 0.1) is 11.8 Å². The maximum absolute atomic E-state index is 12.1. The minimum absolute atomic E-state index is 0.0961. The summed E-state index contributed by atoms with van der Waals surface area (Å²) in [4.78, 5) is 20.9. The van der Waals surface area contributed by atoms with Gasteiger partial charge in [-0.3, -0.25) is 4.79 Å². The molecule has 1 aliphatic heterocycles. The summed E-state index contributed by atoms with van der Waals surface area (Å²) in [5.41, 5.74) is 1.91.